The molecule has 1 aromatic heterocycles. The van der Waals surface area contributed by atoms with Gasteiger partial charge in [-0.1, -0.05) is 6.07 Å². The van der Waals surface area contributed by atoms with Crippen molar-refractivity contribution in [3.63, 3.8) is 0 Å². The van der Waals surface area contributed by atoms with Crippen LogP contribution in [0.25, 0.3) is 0 Å². The van der Waals surface area contributed by atoms with Crippen LogP contribution in [-0.4, -0.2) is 30.8 Å². The summed E-state index contributed by atoms with van der Waals surface area (Å²) in [5.41, 5.74) is 0.952. The van der Waals surface area contributed by atoms with Crippen molar-refractivity contribution in [3.8, 4) is 11.5 Å². The molecule has 0 unspecified atom stereocenters. The summed E-state index contributed by atoms with van der Waals surface area (Å²) in [6.45, 7) is 3.84. The largest absolute Gasteiger partial charge is 0.494 e. The fourth-order valence-corrected chi connectivity index (χ4v) is 1.88. The number of pyridine rings is 1. The number of nitrogens with zero attached hydrogens (tertiary/aromatic N) is 1. The first kappa shape index (κ1) is 16.6. The smallest absolute Gasteiger partial charge is 0.315 e. The number of benzene rings is 1. The zero-order valence-electron chi connectivity index (χ0n) is 13.1. The quantitative estimate of drug-likeness (QED) is 0.734. The number of hydrogen-bond donors (Lipinski definition) is 2. The standard InChI is InChI=1S/C17H21N3O3/c1-2-22-15-5-7-16(8-6-15)23-11-10-19-17(21)20-13-14-4-3-9-18-12-14/h3-9,12H,2,10-11,13H2,1H3,(H2,19,20,21). The van der Waals surface area contributed by atoms with E-state index < -0.39 is 0 Å². The van der Waals surface area contributed by atoms with Crippen molar-refractivity contribution in [2.45, 2.75) is 13.5 Å². The normalized spacial score (nSPS) is 9.96. The lowest BCUT2D eigenvalue weighted by molar-refractivity contribution is 0.236. The Labute approximate surface area is 135 Å². The number of aromatic nitrogens is 1. The number of hydrogen-bond acceptors (Lipinski definition) is 4. The number of carbonyl (C=O) groups is 1. The van der Waals surface area contributed by atoms with E-state index in [-0.39, 0.29) is 6.03 Å². The van der Waals surface area contributed by atoms with E-state index in [9.17, 15) is 4.79 Å². The summed E-state index contributed by atoms with van der Waals surface area (Å²) >= 11 is 0. The van der Waals surface area contributed by atoms with Gasteiger partial charge in [0.1, 0.15) is 18.1 Å². The van der Waals surface area contributed by atoms with Gasteiger partial charge >= 0.3 is 6.03 Å². The maximum absolute atomic E-state index is 11.6. The van der Waals surface area contributed by atoms with Crippen molar-refractivity contribution >= 4 is 6.03 Å². The number of amides is 2. The molecule has 23 heavy (non-hydrogen) atoms. The number of carbonyl (C=O) groups excluding carboxylic acids is 1. The first-order valence-corrected chi connectivity index (χ1v) is 7.54. The Hall–Kier alpha value is -2.76. The Bertz CT molecular complexity index is 588. The van der Waals surface area contributed by atoms with Gasteiger partial charge in [0.25, 0.3) is 0 Å². The van der Waals surface area contributed by atoms with E-state index in [2.05, 4.69) is 15.6 Å². The molecule has 122 valence electrons. The average molecular weight is 315 g/mol. The van der Waals surface area contributed by atoms with E-state index in [1.807, 2.05) is 43.3 Å². The van der Waals surface area contributed by atoms with Crippen LogP contribution in [0.5, 0.6) is 11.5 Å². The highest BCUT2D eigenvalue weighted by Gasteiger charge is 2.00. The molecule has 0 aliphatic rings. The molecular weight excluding hydrogens is 294 g/mol. The molecule has 6 heteroatoms. The number of urea groups is 1. The maximum Gasteiger partial charge on any atom is 0.315 e. The first-order chi connectivity index (χ1) is 11.3. The summed E-state index contributed by atoms with van der Waals surface area (Å²) in [5, 5.41) is 5.49. The fraction of sp³-hybridized carbons (Fsp3) is 0.294. The molecule has 2 rings (SSSR count). The number of ether oxygens (including phenoxy) is 2. The van der Waals surface area contributed by atoms with Gasteiger partial charge < -0.3 is 20.1 Å². The van der Waals surface area contributed by atoms with Crippen molar-refractivity contribution in [2.24, 2.45) is 0 Å². The molecule has 0 fully saturated rings. The van der Waals surface area contributed by atoms with E-state index in [1.54, 1.807) is 12.4 Å². The molecule has 0 radical (unpaired) electrons. The SMILES string of the molecule is CCOc1ccc(OCCNC(=O)NCc2cccnc2)cc1. The summed E-state index contributed by atoms with van der Waals surface area (Å²) in [4.78, 5) is 15.6. The minimum Gasteiger partial charge on any atom is -0.494 e. The highest BCUT2D eigenvalue weighted by atomic mass is 16.5. The highest BCUT2D eigenvalue weighted by Crippen LogP contribution is 2.17. The molecule has 0 saturated carbocycles. The molecule has 1 heterocycles. The average Bonchev–Trinajstić information content (AvgIpc) is 2.59. The van der Waals surface area contributed by atoms with Crippen LogP contribution in [0.1, 0.15) is 12.5 Å². The molecule has 0 bridgehead atoms. The summed E-state index contributed by atoms with van der Waals surface area (Å²) in [5.74, 6) is 1.55. The number of nitrogens with one attached hydrogen (secondary N) is 2. The maximum atomic E-state index is 11.6. The van der Waals surface area contributed by atoms with E-state index in [0.29, 0.717) is 26.3 Å². The third-order valence-electron chi connectivity index (χ3n) is 2.97. The fourth-order valence-electron chi connectivity index (χ4n) is 1.88. The van der Waals surface area contributed by atoms with Crippen LogP contribution < -0.4 is 20.1 Å². The van der Waals surface area contributed by atoms with Crippen LogP contribution in [-0.2, 0) is 6.54 Å². The van der Waals surface area contributed by atoms with E-state index >= 15 is 0 Å². The Balaban J connectivity index is 1.60. The second kappa shape index (κ2) is 9.30. The van der Waals surface area contributed by atoms with Crippen LogP contribution >= 0.6 is 0 Å². The van der Waals surface area contributed by atoms with Gasteiger partial charge in [-0.3, -0.25) is 4.98 Å². The van der Waals surface area contributed by atoms with E-state index in [1.165, 1.54) is 0 Å². The minimum absolute atomic E-state index is 0.232. The molecular formula is C17H21N3O3. The molecule has 6 nitrogen and oxygen atoms in total. The summed E-state index contributed by atoms with van der Waals surface area (Å²) in [7, 11) is 0. The lowest BCUT2D eigenvalue weighted by Gasteiger charge is -2.09. The van der Waals surface area contributed by atoms with Crippen LogP contribution in [0.3, 0.4) is 0 Å². The zero-order chi connectivity index (χ0) is 16.3. The van der Waals surface area contributed by atoms with Crippen molar-refractivity contribution in [3.05, 3.63) is 54.4 Å². The number of rotatable bonds is 8. The topological polar surface area (TPSA) is 72.5 Å². The molecule has 2 aromatic rings. The minimum atomic E-state index is -0.232. The molecule has 0 spiro atoms. The van der Waals surface area contributed by atoms with Crippen molar-refractivity contribution in [1.29, 1.82) is 0 Å². The predicted octanol–water partition coefficient (Wildman–Crippen LogP) is 2.36. The first-order valence-electron chi connectivity index (χ1n) is 7.54. The molecule has 0 aliphatic heterocycles. The Morgan fingerprint density at radius 3 is 2.48 bits per heavy atom. The zero-order valence-corrected chi connectivity index (χ0v) is 13.1. The van der Waals surface area contributed by atoms with Crippen molar-refractivity contribution in [1.82, 2.24) is 15.6 Å². The second-order valence-corrected chi connectivity index (χ2v) is 4.72. The van der Waals surface area contributed by atoms with Crippen molar-refractivity contribution in [2.75, 3.05) is 19.8 Å². The van der Waals surface area contributed by atoms with Crippen LogP contribution in [0.15, 0.2) is 48.8 Å². The van der Waals surface area contributed by atoms with Gasteiger partial charge in [-0.15, -0.1) is 0 Å². The summed E-state index contributed by atoms with van der Waals surface area (Å²) in [6.07, 6.45) is 3.41. The molecule has 1 aromatic carbocycles. The van der Waals surface area contributed by atoms with Gasteiger partial charge in [0.05, 0.1) is 13.2 Å². The van der Waals surface area contributed by atoms with Gasteiger partial charge in [0, 0.05) is 18.9 Å². The third-order valence-corrected chi connectivity index (χ3v) is 2.97. The Kier molecular flexibility index (Phi) is 6.71. The summed E-state index contributed by atoms with van der Waals surface area (Å²) < 4.78 is 10.9. The highest BCUT2D eigenvalue weighted by molar-refractivity contribution is 5.73. The molecule has 2 N–H and O–H groups in total. The predicted molar refractivity (Wildman–Crippen MR) is 87.6 cm³/mol. The van der Waals surface area contributed by atoms with Gasteiger partial charge in [-0.05, 0) is 42.8 Å². The van der Waals surface area contributed by atoms with Gasteiger partial charge in [0.15, 0.2) is 0 Å². The summed E-state index contributed by atoms with van der Waals surface area (Å²) in [6, 6.07) is 10.9. The van der Waals surface area contributed by atoms with E-state index in [0.717, 1.165) is 17.1 Å². The van der Waals surface area contributed by atoms with Crippen LogP contribution in [0, 0.1) is 0 Å². The Morgan fingerprint density at radius 2 is 1.83 bits per heavy atom. The molecule has 0 atom stereocenters. The molecule has 0 aliphatic carbocycles. The van der Waals surface area contributed by atoms with Crippen LogP contribution in [0.2, 0.25) is 0 Å². The van der Waals surface area contributed by atoms with Gasteiger partial charge in [-0.2, -0.15) is 0 Å². The lowest BCUT2D eigenvalue weighted by atomic mass is 10.3. The Morgan fingerprint density at radius 1 is 1.09 bits per heavy atom. The van der Waals surface area contributed by atoms with Gasteiger partial charge in [0.2, 0.25) is 0 Å². The van der Waals surface area contributed by atoms with Crippen molar-refractivity contribution < 1.29 is 14.3 Å². The lowest BCUT2D eigenvalue weighted by Crippen LogP contribution is -2.37. The third kappa shape index (κ3) is 6.25. The van der Waals surface area contributed by atoms with Crippen LogP contribution in [0.4, 0.5) is 4.79 Å². The monoisotopic (exact) mass is 315 g/mol. The van der Waals surface area contributed by atoms with E-state index in [4.69, 9.17) is 9.47 Å². The molecule has 2 amide bonds. The van der Waals surface area contributed by atoms with Gasteiger partial charge in [-0.25, -0.2) is 4.79 Å². The second-order valence-electron chi connectivity index (χ2n) is 4.72. The molecule has 0 saturated heterocycles.